The Morgan fingerprint density at radius 3 is 2.48 bits per heavy atom. The van der Waals surface area contributed by atoms with Gasteiger partial charge < -0.3 is 0 Å². The van der Waals surface area contributed by atoms with Crippen molar-refractivity contribution >= 4 is 38.3 Å². The van der Waals surface area contributed by atoms with Crippen LogP contribution in [0.25, 0.3) is 10.2 Å². The van der Waals surface area contributed by atoms with Crippen molar-refractivity contribution in [2.24, 2.45) is 0 Å². The number of hydrogen-bond donors (Lipinski definition) is 0. The predicted molar refractivity (Wildman–Crippen MR) is 112 cm³/mol. The molecule has 0 bridgehead atoms. The quantitative estimate of drug-likeness (QED) is 0.354. The zero-order chi connectivity index (χ0) is 20.4. The van der Waals surface area contributed by atoms with Crippen molar-refractivity contribution in [1.29, 1.82) is 0 Å². The van der Waals surface area contributed by atoms with Crippen molar-refractivity contribution in [3.05, 3.63) is 93.8 Å². The van der Waals surface area contributed by atoms with Crippen LogP contribution in [0, 0.1) is 17.0 Å². The number of carbonyl (C=O) groups excluding carboxylic acids is 1. The van der Waals surface area contributed by atoms with Crippen molar-refractivity contribution in [2.45, 2.75) is 13.5 Å². The minimum Gasteiger partial charge on any atom is -0.279 e. The molecule has 0 aliphatic carbocycles. The van der Waals surface area contributed by atoms with E-state index >= 15 is 0 Å². The molecule has 0 saturated carbocycles. The summed E-state index contributed by atoms with van der Waals surface area (Å²) in [4.78, 5) is 34.0. The minimum atomic E-state index is -0.487. The molecule has 0 saturated heterocycles. The first-order valence-corrected chi connectivity index (χ1v) is 9.66. The number of carbonyl (C=O) groups is 1. The van der Waals surface area contributed by atoms with E-state index in [0.717, 1.165) is 21.3 Å². The highest BCUT2D eigenvalue weighted by molar-refractivity contribution is 7.22. The van der Waals surface area contributed by atoms with Gasteiger partial charge in [-0.25, -0.2) is 4.98 Å². The first-order valence-electron chi connectivity index (χ1n) is 8.84. The number of nitro groups is 1. The second-order valence-electron chi connectivity index (χ2n) is 6.47. The second kappa shape index (κ2) is 7.76. The van der Waals surface area contributed by atoms with Gasteiger partial charge >= 0.3 is 0 Å². The number of nitro benzene ring substituents is 1. The number of anilines is 1. The van der Waals surface area contributed by atoms with E-state index in [2.05, 4.69) is 4.98 Å². The summed E-state index contributed by atoms with van der Waals surface area (Å²) in [6.45, 7) is 2.30. The van der Waals surface area contributed by atoms with E-state index in [1.807, 2.05) is 37.3 Å². The third-order valence-corrected chi connectivity index (χ3v) is 5.54. The van der Waals surface area contributed by atoms with Crippen molar-refractivity contribution in [2.75, 3.05) is 4.90 Å². The lowest BCUT2D eigenvalue weighted by Crippen LogP contribution is -2.30. The molecule has 0 aliphatic heterocycles. The molecule has 0 unspecified atom stereocenters. The highest BCUT2D eigenvalue weighted by Crippen LogP contribution is 2.32. The van der Waals surface area contributed by atoms with Crippen molar-refractivity contribution in [3.8, 4) is 0 Å². The van der Waals surface area contributed by atoms with Crippen LogP contribution in [0.2, 0.25) is 0 Å². The SMILES string of the molecule is Cc1cccc2sc(N(Cc3ccncc3)C(=O)c3ccc([N+](=O)[O-])cc3)nc12. The number of nitrogens with zero attached hydrogens (tertiary/aromatic N) is 4. The monoisotopic (exact) mass is 404 g/mol. The minimum absolute atomic E-state index is 0.0576. The molecule has 0 atom stereocenters. The first-order chi connectivity index (χ1) is 14.0. The number of non-ortho nitro benzene ring substituents is 1. The average molecular weight is 404 g/mol. The third-order valence-electron chi connectivity index (χ3n) is 4.50. The molecule has 2 aromatic heterocycles. The molecule has 0 radical (unpaired) electrons. The van der Waals surface area contributed by atoms with Gasteiger partial charge in [-0.3, -0.25) is 24.8 Å². The molecule has 0 N–H and O–H groups in total. The van der Waals surface area contributed by atoms with E-state index in [-0.39, 0.29) is 11.6 Å². The van der Waals surface area contributed by atoms with E-state index in [9.17, 15) is 14.9 Å². The first kappa shape index (κ1) is 18.7. The summed E-state index contributed by atoms with van der Waals surface area (Å²) in [6.07, 6.45) is 3.35. The maximum absolute atomic E-state index is 13.3. The summed E-state index contributed by atoms with van der Waals surface area (Å²) in [7, 11) is 0. The number of amides is 1. The zero-order valence-corrected chi connectivity index (χ0v) is 16.3. The fourth-order valence-electron chi connectivity index (χ4n) is 2.97. The maximum Gasteiger partial charge on any atom is 0.269 e. The molecule has 0 spiro atoms. The highest BCUT2D eigenvalue weighted by Gasteiger charge is 2.22. The Kier molecular flexibility index (Phi) is 5.01. The van der Waals surface area contributed by atoms with Crippen molar-refractivity contribution < 1.29 is 9.72 Å². The summed E-state index contributed by atoms with van der Waals surface area (Å²) in [6, 6.07) is 15.2. The molecule has 4 aromatic rings. The van der Waals surface area contributed by atoms with Crippen LogP contribution in [-0.2, 0) is 6.54 Å². The van der Waals surface area contributed by atoms with Gasteiger partial charge in [0.25, 0.3) is 11.6 Å². The van der Waals surface area contributed by atoms with Crippen LogP contribution >= 0.6 is 11.3 Å². The van der Waals surface area contributed by atoms with Crippen LogP contribution in [0.3, 0.4) is 0 Å². The van der Waals surface area contributed by atoms with E-state index in [1.165, 1.54) is 35.6 Å². The molecule has 2 heterocycles. The predicted octanol–water partition coefficient (Wildman–Crippen LogP) is 4.75. The van der Waals surface area contributed by atoms with Crippen LogP contribution in [0.5, 0.6) is 0 Å². The number of para-hydroxylation sites is 1. The van der Waals surface area contributed by atoms with Crippen LogP contribution in [0.4, 0.5) is 10.8 Å². The molecule has 2 aromatic carbocycles. The van der Waals surface area contributed by atoms with Gasteiger partial charge in [0.05, 0.1) is 21.7 Å². The normalized spacial score (nSPS) is 10.8. The van der Waals surface area contributed by atoms with Gasteiger partial charge in [0.2, 0.25) is 0 Å². The number of rotatable bonds is 5. The lowest BCUT2D eigenvalue weighted by molar-refractivity contribution is -0.384. The summed E-state index contributed by atoms with van der Waals surface area (Å²) in [5.74, 6) is -0.270. The van der Waals surface area contributed by atoms with Gasteiger partial charge in [-0.1, -0.05) is 23.5 Å². The molecule has 4 rings (SSSR count). The number of aryl methyl sites for hydroxylation is 1. The molecule has 29 heavy (non-hydrogen) atoms. The lowest BCUT2D eigenvalue weighted by atomic mass is 10.1. The Balaban J connectivity index is 1.75. The van der Waals surface area contributed by atoms with Gasteiger partial charge in [-0.2, -0.15) is 0 Å². The standard InChI is InChI=1S/C21H16N4O3S/c1-14-3-2-4-18-19(14)23-21(29-18)24(13-15-9-11-22-12-10-15)20(26)16-5-7-17(8-6-16)25(27)28/h2-12H,13H2,1H3. The molecule has 144 valence electrons. The van der Waals surface area contributed by atoms with Crippen LogP contribution in [0.1, 0.15) is 21.5 Å². The van der Waals surface area contributed by atoms with Crippen molar-refractivity contribution in [3.63, 3.8) is 0 Å². The molecule has 8 heteroatoms. The van der Waals surface area contributed by atoms with Gasteiger partial charge in [-0.05, 0) is 48.4 Å². The third kappa shape index (κ3) is 3.83. The van der Waals surface area contributed by atoms with Crippen molar-refractivity contribution in [1.82, 2.24) is 9.97 Å². The number of hydrogen-bond acceptors (Lipinski definition) is 6. The topological polar surface area (TPSA) is 89.2 Å². The maximum atomic E-state index is 13.3. The number of benzene rings is 2. The molecule has 7 nitrogen and oxygen atoms in total. The lowest BCUT2D eigenvalue weighted by Gasteiger charge is -2.20. The number of thiazole rings is 1. The molecule has 1 amide bonds. The zero-order valence-electron chi connectivity index (χ0n) is 15.5. The number of fused-ring (bicyclic) bond motifs is 1. The van der Waals surface area contributed by atoms with E-state index in [0.29, 0.717) is 17.2 Å². The number of aromatic nitrogens is 2. The Labute approximate surface area is 170 Å². The average Bonchev–Trinajstić information content (AvgIpc) is 3.18. The summed E-state index contributed by atoms with van der Waals surface area (Å²) in [5.41, 5.74) is 3.12. The largest absolute Gasteiger partial charge is 0.279 e. The Morgan fingerprint density at radius 1 is 1.10 bits per heavy atom. The smallest absolute Gasteiger partial charge is 0.269 e. The van der Waals surface area contributed by atoms with Crippen LogP contribution in [-0.4, -0.2) is 20.8 Å². The summed E-state index contributed by atoms with van der Waals surface area (Å²) in [5, 5.41) is 11.5. The van der Waals surface area contributed by atoms with Gasteiger partial charge in [0.1, 0.15) is 0 Å². The number of pyridine rings is 1. The molecule has 0 fully saturated rings. The van der Waals surface area contributed by atoms with Gasteiger partial charge in [0.15, 0.2) is 5.13 Å². The molecular weight excluding hydrogens is 388 g/mol. The molecule has 0 aliphatic rings. The Morgan fingerprint density at radius 2 is 1.83 bits per heavy atom. The van der Waals surface area contributed by atoms with Crippen LogP contribution < -0.4 is 4.90 Å². The van der Waals surface area contributed by atoms with Gasteiger partial charge in [-0.15, -0.1) is 0 Å². The fraction of sp³-hybridized carbons (Fsp3) is 0.0952. The van der Waals surface area contributed by atoms with E-state index < -0.39 is 4.92 Å². The fourth-order valence-corrected chi connectivity index (χ4v) is 4.01. The second-order valence-corrected chi connectivity index (χ2v) is 7.48. The summed E-state index contributed by atoms with van der Waals surface area (Å²) >= 11 is 1.44. The van der Waals surface area contributed by atoms with E-state index in [1.54, 1.807) is 17.3 Å². The van der Waals surface area contributed by atoms with E-state index in [4.69, 9.17) is 4.98 Å². The van der Waals surface area contributed by atoms with Crippen LogP contribution in [0.15, 0.2) is 67.0 Å². The Hall–Kier alpha value is -3.65. The highest BCUT2D eigenvalue weighted by atomic mass is 32.1. The molecular formula is C21H16N4O3S. The summed E-state index contributed by atoms with van der Waals surface area (Å²) < 4.78 is 0.997. The Bertz CT molecular complexity index is 1190. The van der Waals surface area contributed by atoms with Gasteiger partial charge in [0, 0.05) is 30.1 Å².